The van der Waals surface area contributed by atoms with E-state index >= 15 is 0 Å². The number of halogens is 1. The summed E-state index contributed by atoms with van der Waals surface area (Å²) < 4.78 is 0. The van der Waals surface area contributed by atoms with Crippen LogP contribution in [0.25, 0.3) is 0 Å². The zero-order valence-electron chi connectivity index (χ0n) is 14.4. The molecule has 0 fully saturated rings. The molecule has 1 aliphatic heterocycles. The van der Waals surface area contributed by atoms with Gasteiger partial charge in [0.2, 0.25) is 11.8 Å². The third-order valence-electron chi connectivity index (χ3n) is 3.98. The summed E-state index contributed by atoms with van der Waals surface area (Å²) in [6.07, 6.45) is -0.0621. The van der Waals surface area contributed by atoms with Gasteiger partial charge in [-0.2, -0.15) is 0 Å². The van der Waals surface area contributed by atoms with Crippen LogP contribution >= 0.6 is 11.6 Å². The number of imide groups is 1. The summed E-state index contributed by atoms with van der Waals surface area (Å²) in [6, 6.07) is 11.3. The maximum atomic E-state index is 12.4. The lowest BCUT2D eigenvalue weighted by atomic mass is 10.1. The molecule has 0 aliphatic carbocycles. The molecule has 0 unspecified atom stereocenters. The van der Waals surface area contributed by atoms with E-state index in [0.29, 0.717) is 11.4 Å². The smallest absolute Gasteiger partial charge is 0.263 e. The number of hydrogen-bond acceptors (Lipinski definition) is 4. The largest absolute Gasteiger partial charge is 0.326 e. The first-order valence-corrected chi connectivity index (χ1v) is 8.57. The number of nitrogens with one attached hydrogen (secondary N) is 2. The first-order valence-electron chi connectivity index (χ1n) is 8.19. The Balaban J connectivity index is 1.62. The molecule has 0 atom stereocenters. The van der Waals surface area contributed by atoms with Gasteiger partial charge in [-0.25, -0.2) is 0 Å². The van der Waals surface area contributed by atoms with Crippen LogP contribution in [-0.4, -0.2) is 35.1 Å². The fraction of sp³-hybridized carbons (Fsp3) is 0.158. The maximum absolute atomic E-state index is 12.4. The summed E-state index contributed by atoms with van der Waals surface area (Å²) in [5.41, 5.74) is 1.47. The summed E-state index contributed by atoms with van der Waals surface area (Å²) in [4.78, 5) is 49.0. The fourth-order valence-corrected chi connectivity index (χ4v) is 3.07. The molecule has 2 N–H and O–H groups in total. The normalized spacial score (nSPS) is 12.7. The van der Waals surface area contributed by atoms with Crippen molar-refractivity contribution in [1.29, 1.82) is 0 Å². The average molecular weight is 386 g/mol. The number of fused-ring (bicyclic) bond motifs is 1. The highest BCUT2D eigenvalue weighted by molar-refractivity contribution is 6.37. The molecule has 27 heavy (non-hydrogen) atoms. The van der Waals surface area contributed by atoms with E-state index in [1.165, 1.54) is 13.0 Å². The number of carbonyl (C=O) groups is 4. The Kier molecular flexibility index (Phi) is 5.23. The first-order chi connectivity index (χ1) is 12.9. The fourth-order valence-electron chi connectivity index (χ4n) is 2.81. The highest BCUT2D eigenvalue weighted by Crippen LogP contribution is 2.29. The van der Waals surface area contributed by atoms with Crippen molar-refractivity contribution in [2.75, 3.05) is 17.2 Å². The molecule has 0 spiro atoms. The topological polar surface area (TPSA) is 95.6 Å². The van der Waals surface area contributed by atoms with Gasteiger partial charge in [-0.3, -0.25) is 24.1 Å². The van der Waals surface area contributed by atoms with Gasteiger partial charge in [0, 0.05) is 31.3 Å². The number of anilines is 2. The molecule has 1 aliphatic rings. The molecule has 1 heterocycles. The first kappa shape index (κ1) is 18.6. The van der Waals surface area contributed by atoms with E-state index in [4.69, 9.17) is 11.6 Å². The molecule has 2 aromatic carbocycles. The van der Waals surface area contributed by atoms with Gasteiger partial charge in [0.1, 0.15) is 0 Å². The molecule has 0 aromatic heterocycles. The van der Waals surface area contributed by atoms with Crippen LogP contribution in [0.2, 0.25) is 5.02 Å². The van der Waals surface area contributed by atoms with Gasteiger partial charge in [-0.15, -0.1) is 0 Å². The number of amides is 4. The second-order valence-corrected chi connectivity index (χ2v) is 6.39. The molecule has 3 rings (SSSR count). The lowest BCUT2D eigenvalue weighted by Crippen LogP contribution is -2.32. The predicted molar refractivity (Wildman–Crippen MR) is 101 cm³/mol. The third-order valence-corrected chi connectivity index (χ3v) is 4.29. The van der Waals surface area contributed by atoms with Crippen molar-refractivity contribution in [2.24, 2.45) is 0 Å². The molecule has 0 radical (unpaired) electrons. The second kappa shape index (κ2) is 7.59. The van der Waals surface area contributed by atoms with E-state index in [2.05, 4.69) is 10.6 Å². The Hall–Kier alpha value is -3.19. The van der Waals surface area contributed by atoms with Crippen molar-refractivity contribution >= 4 is 46.6 Å². The van der Waals surface area contributed by atoms with Crippen molar-refractivity contribution in [1.82, 2.24) is 4.90 Å². The Morgan fingerprint density at radius 1 is 1.00 bits per heavy atom. The van der Waals surface area contributed by atoms with Crippen LogP contribution in [0.3, 0.4) is 0 Å². The average Bonchev–Trinajstić information content (AvgIpc) is 2.85. The van der Waals surface area contributed by atoms with E-state index in [9.17, 15) is 19.2 Å². The molecule has 0 bridgehead atoms. The molecule has 2 aromatic rings. The van der Waals surface area contributed by atoms with Crippen molar-refractivity contribution in [2.45, 2.75) is 13.3 Å². The van der Waals surface area contributed by atoms with Crippen LogP contribution in [-0.2, 0) is 9.59 Å². The standard InChI is InChI=1S/C19H16ClN3O4/c1-11(24)21-12-4-2-5-13(10-12)22-16(25)8-9-23-18(26)14-6-3-7-15(20)17(14)19(23)27/h2-7,10H,8-9H2,1H3,(H,21,24)(H,22,25). The lowest BCUT2D eigenvalue weighted by molar-refractivity contribution is -0.116. The van der Waals surface area contributed by atoms with Crippen LogP contribution in [0.15, 0.2) is 42.5 Å². The van der Waals surface area contributed by atoms with Gasteiger partial charge in [0.05, 0.1) is 16.1 Å². The van der Waals surface area contributed by atoms with E-state index in [1.807, 2.05) is 0 Å². The number of carbonyl (C=O) groups excluding carboxylic acids is 4. The Morgan fingerprint density at radius 2 is 1.67 bits per heavy atom. The van der Waals surface area contributed by atoms with Crippen LogP contribution < -0.4 is 10.6 Å². The number of rotatable bonds is 5. The van der Waals surface area contributed by atoms with E-state index in [0.717, 1.165) is 4.90 Å². The van der Waals surface area contributed by atoms with Crippen molar-refractivity contribution in [3.63, 3.8) is 0 Å². The number of nitrogens with zero attached hydrogens (tertiary/aromatic N) is 1. The van der Waals surface area contributed by atoms with Crippen molar-refractivity contribution < 1.29 is 19.2 Å². The minimum atomic E-state index is -0.499. The van der Waals surface area contributed by atoms with Gasteiger partial charge < -0.3 is 10.6 Å². The highest BCUT2D eigenvalue weighted by Gasteiger charge is 2.37. The summed E-state index contributed by atoms with van der Waals surface area (Å²) in [5, 5.41) is 5.51. The molecule has 4 amide bonds. The van der Waals surface area contributed by atoms with Crippen molar-refractivity contribution in [3.05, 3.63) is 58.6 Å². The quantitative estimate of drug-likeness (QED) is 0.773. The van der Waals surface area contributed by atoms with Crippen LogP contribution in [0, 0.1) is 0 Å². The van der Waals surface area contributed by atoms with Crippen LogP contribution in [0.1, 0.15) is 34.1 Å². The van der Waals surface area contributed by atoms with Crippen molar-refractivity contribution in [3.8, 4) is 0 Å². The molecule has 138 valence electrons. The van der Waals surface area contributed by atoms with Crippen LogP contribution in [0.5, 0.6) is 0 Å². The molecular weight excluding hydrogens is 370 g/mol. The van der Waals surface area contributed by atoms with Gasteiger partial charge in [-0.05, 0) is 30.3 Å². The SMILES string of the molecule is CC(=O)Nc1cccc(NC(=O)CCN2C(=O)c3cccc(Cl)c3C2=O)c1. The highest BCUT2D eigenvalue weighted by atomic mass is 35.5. The second-order valence-electron chi connectivity index (χ2n) is 5.98. The van der Waals surface area contributed by atoms with Gasteiger partial charge in [0.25, 0.3) is 11.8 Å². The Morgan fingerprint density at radius 3 is 2.33 bits per heavy atom. The van der Waals surface area contributed by atoms with Gasteiger partial charge in [0.15, 0.2) is 0 Å². The molecule has 7 nitrogen and oxygen atoms in total. The van der Waals surface area contributed by atoms with Gasteiger partial charge >= 0.3 is 0 Å². The number of hydrogen-bond donors (Lipinski definition) is 2. The predicted octanol–water partition coefficient (Wildman–Crippen LogP) is 2.92. The minimum absolute atomic E-state index is 0.0557. The maximum Gasteiger partial charge on any atom is 0.263 e. The minimum Gasteiger partial charge on any atom is -0.326 e. The van der Waals surface area contributed by atoms with Gasteiger partial charge in [-0.1, -0.05) is 23.7 Å². The summed E-state index contributed by atoms with van der Waals surface area (Å²) in [5.74, 6) is -1.54. The Bertz CT molecular complexity index is 958. The lowest BCUT2D eigenvalue weighted by Gasteiger charge is -2.14. The third kappa shape index (κ3) is 3.98. The zero-order valence-corrected chi connectivity index (χ0v) is 15.2. The number of benzene rings is 2. The summed E-state index contributed by atoms with van der Waals surface area (Å²) in [6.45, 7) is 1.33. The molecule has 0 saturated carbocycles. The zero-order chi connectivity index (χ0) is 19.6. The molecule has 8 heteroatoms. The van der Waals surface area contributed by atoms with E-state index in [1.54, 1.807) is 36.4 Å². The molecule has 0 saturated heterocycles. The Labute approximate surface area is 160 Å². The molecular formula is C19H16ClN3O4. The van der Waals surface area contributed by atoms with Crippen LogP contribution in [0.4, 0.5) is 11.4 Å². The van der Waals surface area contributed by atoms with E-state index in [-0.39, 0.29) is 40.9 Å². The summed E-state index contributed by atoms with van der Waals surface area (Å²) in [7, 11) is 0. The monoisotopic (exact) mass is 385 g/mol. The van der Waals surface area contributed by atoms with E-state index < -0.39 is 11.8 Å². The summed E-state index contributed by atoms with van der Waals surface area (Å²) >= 11 is 6.01.